The zero-order valence-electron chi connectivity index (χ0n) is 11.9. The monoisotopic (exact) mass is 321 g/mol. The van der Waals surface area contributed by atoms with Crippen molar-refractivity contribution in [1.29, 1.82) is 0 Å². The molecular formula is C14H13F2N5O2. The third-order valence-corrected chi connectivity index (χ3v) is 3.44. The van der Waals surface area contributed by atoms with Gasteiger partial charge in [-0.1, -0.05) is 35.5 Å². The summed E-state index contributed by atoms with van der Waals surface area (Å²) in [6.45, 7) is -0.500. The molecule has 23 heavy (non-hydrogen) atoms. The lowest BCUT2D eigenvalue weighted by atomic mass is 10.0. The Morgan fingerprint density at radius 3 is 2.83 bits per heavy atom. The van der Waals surface area contributed by atoms with Crippen LogP contribution in [0, 0.1) is 0 Å². The molecule has 1 aromatic heterocycles. The Morgan fingerprint density at radius 2 is 2.13 bits per heavy atom. The molecule has 2 heterocycles. The van der Waals surface area contributed by atoms with E-state index in [2.05, 4.69) is 15.6 Å². The topological polar surface area (TPSA) is 88.9 Å². The second-order valence-corrected chi connectivity index (χ2v) is 5.01. The first-order valence-corrected chi connectivity index (χ1v) is 6.92. The fourth-order valence-electron chi connectivity index (χ4n) is 2.39. The van der Waals surface area contributed by atoms with Crippen LogP contribution in [0.4, 0.5) is 8.78 Å². The second-order valence-electron chi connectivity index (χ2n) is 5.01. The quantitative estimate of drug-likeness (QED) is 0.870. The molecule has 7 nitrogen and oxygen atoms in total. The van der Waals surface area contributed by atoms with Gasteiger partial charge in [-0.15, -0.1) is 5.10 Å². The maximum Gasteiger partial charge on any atom is 0.274 e. The van der Waals surface area contributed by atoms with Crippen LogP contribution in [0.3, 0.4) is 0 Å². The van der Waals surface area contributed by atoms with Crippen molar-refractivity contribution < 1.29 is 18.4 Å². The van der Waals surface area contributed by atoms with Gasteiger partial charge in [-0.3, -0.25) is 9.59 Å². The lowest BCUT2D eigenvalue weighted by Crippen LogP contribution is -2.40. The average molecular weight is 321 g/mol. The minimum Gasteiger partial charge on any atom is -0.345 e. The summed E-state index contributed by atoms with van der Waals surface area (Å²) in [5.74, 6) is -1.36. The van der Waals surface area contributed by atoms with E-state index in [-0.39, 0.29) is 17.4 Å². The highest BCUT2D eigenvalue weighted by Crippen LogP contribution is 2.21. The van der Waals surface area contributed by atoms with Crippen molar-refractivity contribution in [2.24, 2.45) is 0 Å². The Morgan fingerprint density at radius 1 is 1.39 bits per heavy atom. The second kappa shape index (κ2) is 6.11. The van der Waals surface area contributed by atoms with Gasteiger partial charge in [0.2, 0.25) is 0 Å². The van der Waals surface area contributed by atoms with Crippen LogP contribution in [0.25, 0.3) is 0 Å². The smallest absolute Gasteiger partial charge is 0.274 e. The van der Waals surface area contributed by atoms with E-state index in [1.54, 1.807) is 0 Å². The number of carbonyl (C=O) groups excluding carboxylic acids is 2. The van der Waals surface area contributed by atoms with E-state index >= 15 is 0 Å². The number of nitrogens with zero attached hydrogens (tertiary/aromatic N) is 3. The Labute approximate surface area is 129 Å². The Balaban J connectivity index is 1.82. The van der Waals surface area contributed by atoms with Gasteiger partial charge in [0.05, 0.1) is 19.1 Å². The number of nitrogens with one attached hydrogen (secondary N) is 2. The molecule has 0 saturated carbocycles. The summed E-state index contributed by atoms with van der Waals surface area (Å²) >= 11 is 0. The van der Waals surface area contributed by atoms with E-state index in [4.69, 9.17) is 0 Å². The molecule has 0 bridgehead atoms. The molecule has 3 rings (SSSR count). The lowest BCUT2D eigenvalue weighted by molar-refractivity contribution is 0.0856. The minimum atomic E-state index is -2.68. The molecule has 0 saturated heterocycles. The number of alkyl halides is 2. The predicted molar refractivity (Wildman–Crippen MR) is 75.0 cm³/mol. The summed E-state index contributed by atoms with van der Waals surface area (Å²) in [5.41, 5.74) is 0.615. The van der Waals surface area contributed by atoms with Crippen LogP contribution in [-0.2, 0) is 6.54 Å². The average Bonchev–Trinajstić information content (AvgIpc) is 2.98. The van der Waals surface area contributed by atoms with Crippen LogP contribution in [0.15, 0.2) is 30.3 Å². The molecule has 2 aromatic rings. The van der Waals surface area contributed by atoms with Crippen molar-refractivity contribution in [2.75, 3.05) is 6.54 Å². The molecular weight excluding hydrogens is 308 g/mol. The molecule has 2 amide bonds. The van der Waals surface area contributed by atoms with Gasteiger partial charge < -0.3 is 10.6 Å². The largest absolute Gasteiger partial charge is 0.345 e. The highest BCUT2D eigenvalue weighted by atomic mass is 19.3. The van der Waals surface area contributed by atoms with Crippen LogP contribution in [0.1, 0.15) is 32.6 Å². The first kappa shape index (κ1) is 15.1. The number of amides is 2. The molecule has 1 aliphatic rings. The molecule has 1 aromatic carbocycles. The number of benzene rings is 1. The maximum absolute atomic E-state index is 12.3. The van der Waals surface area contributed by atoms with Crippen LogP contribution in [-0.4, -0.2) is 39.8 Å². The molecule has 1 atom stereocenters. The zero-order chi connectivity index (χ0) is 16.4. The summed E-state index contributed by atoms with van der Waals surface area (Å²) < 4.78 is 25.6. The molecule has 0 spiro atoms. The molecule has 0 radical (unpaired) electrons. The number of fused-ring (bicyclic) bond motifs is 1. The van der Waals surface area contributed by atoms with Gasteiger partial charge >= 0.3 is 0 Å². The van der Waals surface area contributed by atoms with Gasteiger partial charge in [0.15, 0.2) is 11.4 Å². The van der Waals surface area contributed by atoms with Gasteiger partial charge in [0.1, 0.15) is 0 Å². The van der Waals surface area contributed by atoms with E-state index in [1.807, 2.05) is 35.6 Å². The first-order chi connectivity index (χ1) is 11.1. The van der Waals surface area contributed by atoms with Crippen molar-refractivity contribution in [3.8, 4) is 0 Å². The molecule has 1 aliphatic heterocycles. The molecule has 0 unspecified atom stereocenters. The van der Waals surface area contributed by atoms with Crippen molar-refractivity contribution in [2.45, 2.75) is 19.0 Å². The number of hydrogen-bond acceptors (Lipinski definition) is 4. The Kier molecular flexibility index (Phi) is 4.00. The Bertz CT molecular complexity index is 732. The van der Waals surface area contributed by atoms with Gasteiger partial charge in [-0.25, -0.2) is 13.5 Å². The van der Waals surface area contributed by atoms with Crippen molar-refractivity contribution in [3.63, 3.8) is 0 Å². The van der Waals surface area contributed by atoms with Gasteiger partial charge in [-0.05, 0) is 5.56 Å². The fourth-order valence-corrected chi connectivity index (χ4v) is 2.39. The molecule has 9 heteroatoms. The molecule has 120 valence electrons. The predicted octanol–water partition coefficient (Wildman–Crippen LogP) is 0.758. The summed E-state index contributed by atoms with van der Waals surface area (Å²) in [4.78, 5) is 24.1. The van der Waals surface area contributed by atoms with Crippen molar-refractivity contribution >= 4 is 11.8 Å². The van der Waals surface area contributed by atoms with Crippen molar-refractivity contribution in [3.05, 3.63) is 47.3 Å². The van der Waals surface area contributed by atoms with Crippen molar-refractivity contribution in [1.82, 2.24) is 25.6 Å². The van der Waals surface area contributed by atoms with E-state index in [1.165, 1.54) is 4.68 Å². The lowest BCUT2D eigenvalue weighted by Gasteiger charge is -2.24. The fraction of sp³-hybridized carbons (Fsp3) is 0.286. The third-order valence-electron chi connectivity index (χ3n) is 3.44. The molecule has 0 aliphatic carbocycles. The molecule has 0 fully saturated rings. The van der Waals surface area contributed by atoms with Crippen LogP contribution < -0.4 is 10.6 Å². The van der Waals surface area contributed by atoms with Crippen LogP contribution in [0.5, 0.6) is 0 Å². The standard InChI is InChI=1S/C14H13F2N5O2/c15-10(16)6-17-13(22)11-12-14(23)18-9(7-21(12)20-19-11)8-4-2-1-3-5-8/h1-5,9-10H,6-7H2,(H,17,22)(H,18,23)/t9-/m1/s1. The number of rotatable bonds is 4. The van der Waals surface area contributed by atoms with Crippen LogP contribution in [0.2, 0.25) is 0 Å². The minimum absolute atomic E-state index is 0.0241. The zero-order valence-corrected chi connectivity index (χ0v) is 11.9. The van der Waals surface area contributed by atoms with Crippen LogP contribution >= 0.6 is 0 Å². The number of carbonyl (C=O) groups is 2. The van der Waals surface area contributed by atoms with Gasteiger partial charge in [0.25, 0.3) is 18.2 Å². The number of aromatic nitrogens is 3. The Hall–Kier alpha value is -2.84. The van der Waals surface area contributed by atoms with E-state index in [0.29, 0.717) is 6.54 Å². The van der Waals surface area contributed by atoms with E-state index in [9.17, 15) is 18.4 Å². The maximum atomic E-state index is 12.3. The van der Waals surface area contributed by atoms with Gasteiger partial charge in [0, 0.05) is 0 Å². The SMILES string of the molecule is O=C(NCC(F)F)c1nnn2c1C(=O)N[C@@H](c1ccccc1)C2. The van der Waals surface area contributed by atoms with Gasteiger partial charge in [-0.2, -0.15) is 0 Å². The summed E-state index contributed by atoms with van der Waals surface area (Å²) in [6.07, 6.45) is -2.68. The highest BCUT2D eigenvalue weighted by molar-refractivity contribution is 6.05. The third kappa shape index (κ3) is 3.03. The highest BCUT2D eigenvalue weighted by Gasteiger charge is 2.32. The van der Waals surface area contributed by atoms with E-state index < -0.39 is 24.8 Å². The summed E-state index contributed by atoms with van der Waals surface area (Å²) in [6, 6.07) is 8.99. The summed E-state index contributed by atoms with van der Waals surface area (Å²) in [5, 5.41) is 12.2. The first-order valence-electron chi connectivity index (χ1n) is 6.92. The summed E-state index contributed by atoms with van der Waals surface area (Å²) in [7, 11) is 0. The van der Waals surface area contributed by atoms with E-state index in [0.717, 1.165) is 5.56 Å². The normalized spacial score (nSPS) is 16.8. The number of halogens is 2. The number of hydrogen-bond donors (Lipinski definition) is 2. The molecule has 2 N–H and O–H groups in total.